The lowest BCUT2D eigenvalue weighted by atomic mass is 10.1. The first-order chi connectivity index (χ1) is 15.4. The number of fused-ring (bicyclic) bond motifs is 1. The molecular formula is C23H21FN4O2S2. The van der Waals surface area contributed by atoms with Crippen LogP contribution in [-0.2, 0) is 9.59 Å². The van der Waals surface area contributed by atoms with Gasteiger partial charge in [0.25, 0.3) is 11.8 Å². The maximum absolute atomic E-state index is 13.6. The molecule has 0 radical (unpaired) electrons. The van der Waals surface area contributed by atoms with E-state index in [0.717, 1.165) is 49.2 Å². The van der Waals surface area contributed by atoms with E-state index >= 15 is 0 Å². The lowest BCUT2D eigenvalue weighted by Crippen LogP contribution is -2.49. The topological polar surface area (TPSA) is 47.1 Å². The Hall–Kier alpha value is -2.59. The van der Waals surface area contributed by atoms with Crippen LogP contribution in [0.2, 0.25) is 0 Å². The van der Waals surface area contributed by atoms with Crippen molar-refractivity contribution in [3.63, 3.8) is 0 Å². The Morgan fingerprint density at radius 2 is 1.66 bits per heavy atom. The average molecular weight is 469 g/mol. The van der Waals surface area contributed by atoms with Crippen molar-refractivity contribution in [3.05, 3.63) is 64.8 Å². The molecule has 3 aliphatic heterocycles. The zero-order valence-electron chi connectivity index (χ0n) is 17.5. The highest BCUT2D eigenvalue weighted by atomic mass is 32.2. The molecule has 3 aliphatic rings. The van der Waals surface area contributed by atoms with Gasteiger partial charge in [-0.1, -0.05) is 42.2 Å². The molecule has 2 aromatic rings. The number of nitrogens with zero attached hydrogens (tertiary/aromatic N) is 4. The number of thiocarbonyl (C=S) groups is 1. The molecule has 2 fully saturated rings. The maximum atomic E-state index is 13.6. The minimum absolute atomic E-state index is 0.190. The van der Waals surface area contributed by atoms with Crippen molar-refractivity contribution in [2.45, 2.75) is 0 Å². The van der Waals surface area contributed by atoms with Gasteiger partial charge in [0.2, 0.25) is 0 Å². The van der Waals surface area contributed by atoms with Crippen LogP contribution in [0.4, 0.5) is 15.8 Å². The highest BCUT2D eigenvalue weighted by Gasteiger charge is 2.42. The summed E-state index contributed by atoms with van der Waals surface area (Å²) in [5.74, 6) is -0.937. The van der Waals surface area contributed by atoms with Crippen LogP contribution in [0.25, 0.3) is 5.57 Å². The highest BCUT2D eigenvalue weighted by molar-refractivity contribution is 8.27. The van der Waals surface area contributed by atoms with Crippen LogP contribution in [0.5, 0.6) is 0 Å². The van der Waals surface area contributed by atoms with Gasteiger partial charge in [-0.2, -0.15) is 0 Å². The number of carbonyl (C=O) groups excluding carboxylic acids is 2. The fourth-order valence-electron chi connectivity index (χ4n) is 4.16. The normalized spacial score (nSPS) is 22.2. The molecule has 0 atom stereocenters. The summed E-state index contributed by atoms with van der Waals surface area (Å²) < 4.78 is 13.7. The van der Waals surface area contributed by atoms with E-state index < -0.39 is 5.82 Å². The summed E-state index contributed by atoms with van der Waals surface area (Å²) in [6, 6.07) is 13.1. The van der Waals surface area contributed by atoms with Gasteiger partial charge in [-0.3, -0.25) is 24.3 Å². The predicted molar refractivity (Wildman–Crippen MR) is 129 cm³/mol. The van der Waals surface area contributed by atoms with Crippen molar-refractivity contribution in [2.24, 2.45) is 0 Å². The number of likely N-dealkylation sites (N-methyl/N-ethyl adjacent to an activating group) is 1. The lowest BCUT2D eigenvalue weighted by molar-refractivity contribution is -0.115. The fraction of sp³-hybridized carbons (Fsp3) is 0.261. The molecule has 0 aliphatic carbocycles. The third kappa shape index (κ3) is 3.65. The van der Waals surface area contributed by atoms with Crippen LogP contribution < -0.4 is 9.80 Å². The first-order valence-electron chi connectivity index (χ1n) is 10.3. The molecule has 2 saturated heterocycles. The number of hydrogen-bond donors (Lipinski definition) is 0. The molecule has 0 bridgehead atoms. The molecule has 164 valence electrons. The number of halogens is 1. The molecular weight excluding hydrogens is 447 g/mol. The molecule has 0 spiro atoms. The number of rotatable bonds is 3. The van der Waals surface area contributed by atoms with Crippen molar-refractivity contribution < 1.29 is 14.0 Å². The molecule has 32 heavy (non-hydrogen) atoms. The number of para-hydroxylation sites is 1. The molecule has 6 nitrogen and oxygen atoms in total. The summed E-state index contributed by atoms with van der Waals surface area (Å²) in [5.41, 5.74) is 2.42. The molecule has 2 aromatic carbocycles. The largest absolute Gasteiger partial charge is 0.304 e. The fourth-order valence-corrected chi connectivity index (χ4v) is 5.53. The average Bonchev–Trinajstić information content (AvgIpc) is 3.23. The van der Waals surface area contributed by atoms with Gasteiger partial charge >= 0.3 is 0 Å². The Bertz CT molecular complexity index is 1140. The molecule has 0 unspecified atom stereocenters. The van der Waals surface area contributed by atoms with E-state index in [2.05, 4.69) is 16.8 Å². The van der Waals surface area contributed by atoms with Crippen LogP contribution in [-0.4, -0.2) is 65.8 Å². The van der Waals surface area contributed by atoms with E-state index in [1.807, 2.05) is 24.3 Å². The third-order valence-electron chi connectivity index (χ3n) is 5.94. The lowest BCUT2D eigenvalue weighted by Gasteiger charge is -2.34. The minimum Gasteiger partial charge on any atom is -0.304 e. The van der Waals surface area contributed by atoms with E-state index in [4.69, 9.17) is 12.2 Å². The number of piperazine rings is 1. The van der Waals surface area contributed by atoms with E-state index in [-0.39, 0.29) is 11.8 Å². The summed E-state index contributed by atoms with van der Waals surface area (Å²) in [7, 11) is 2.09. The molecule has 5 rings (SSSR count). The summed E-state index contributed by atoms with van der Waals surface area (Å²) in [4.78, 5) is 34.9. The monoisotopic (exact) mass is 468 g/mol. The van der Waals surface area contributed by atoms with Gasteiger partial charge in [0.1, 0.15) is 5.82 Å². The number of thioether (sulfide) groups is 1. The standard InChI is InChI=1S/C23H21FN4O2S2/c1-25-10-12-26(13-11-25)14-27-18-5-3-2-4-17(18)19(21(27)29)20-22(30)28(23(31)32-20)16-8-6-15(24)7-9-16/h2-9H,10-14H2,1H3. The quantitative estimate of drug-likeness (QED) is 0.510. The number of hydrogen-bond acceptors (Lipinski definition) is 6. The van der Waals surface area contributed by atoms with Crippen molar-refractivity contribution in [1.82, 2.24) is 9.80 Å². The van der Waals surface area contributed by atoms with Crippen molar-refractivity contribution >= 4 is 57.1 Å². The van der Waals surface area contributed by atoms with Gasteiger partial charge < -0.3 is 4.90 Å². The van der Waals surface area contributed by atoms with Crippen molar-refractivity contribution in [1.29, 1.82) is 0 Å². The minimum atomic E-state index is -0.392. The van der Waals surface area contributed by atoms with Gasteiger partial charge in [0.05, 0.1) is 28.5 Å². The summed E-state index contributed by atoms with van der Waals surface area (Å²) in [5, 5.41) is 0. The number of benzene rings is 2. The zero-order valence-corrected chi connectivity index (χ0v) is 19.1. The molecule has 9 heteroatoms. The Kier molecular flexibility index (Phi) is 5.58. The summed E-state index contributed by atoms with van der Waals surface area (Å²) in [6.45, 7) is 4.14. The summed E-state index contributed by atoms with van der Waals surface area (Å²) >= 11 is 6.58. The van der Waals surface area contributed by atoms with Crippen LogP contribution >= 0.6 is 24.0 Å². The zero-order chi connectivity index (χ0) is 22.4. The van der Waals surface area contributed by atoms with E-state index in [0.29, 0.717) is 27.2 Å². The second-order valence-corrected chi connectivity index (χ2v) is 9.65. The Morgan fingerprint density at radius 1 is 0.969 bits per heavy atom. The van der Waals surface area contributed by atoms with Crippen LogP contribution in [0.15, 0.2) is 53.4 Å². The Labute approximate surface area is 195 Å². The van der Waals surface area contributed by atoms with Gasteiger partial charge in [-0.05, 0) is 37.4 Å². The van der Waals surface area contributed by atoms with Gasteiger partial charge in [0.15, 0.2) is 4.32 Å². The predicted octanol–water partition coefficient (Wildman–Crippen LogP) is 3.15. The van der Waals surface area contributed by atoms with Crippen molar-refractivity contribution in [3.8, 4) is 0 Å². The van der Waals surface area contributed by atoms with Gasteiger partial charge in [0, 0.05) is 31.7 Å². The van der Waals surface area contributed by atoms with Crippen LogP contribution in [0, 0.1) is 5.82 Å². The van der Waals surface area contributed by atoms with Gasteiger partial charge in [-0.15, -0.1) is 0 Å². The molecule has 0 aromatic heterocycles. The number of carbonyl (C=O) groups is 2. The van der Waals surface area contributed by atoms with Crippen LogP contribution in [0.1, 0.15) is 5.56 Å². The smallest absolute Gasteiger partial charge is 0.271 e. The van der Waals surface area contributed by atoms with Gasteiger partial charge in [-0.25, -0.2) is 4.39 Å². The number of amides is 2. The number of anilines is 2. The van der Waals surface area contributed by atoms with E-state index in [9.17, 15) is 14.0 Å². The Morgan fingerprint density at radius 3 is 2.38 bits per heavy atom. The first-order valence-corrected chi connectivity index (χ1v) is 11.5. The Balaban J connectivity index is 1.50. The van der Waals surface area contributed by atoms with E-state index in [1.165, 1.54) is 29.2 Å². The highest BCUT2D eigenvalue weighted by Crippen LogP contribution is 2.45. The first kappa shape index (κ1) is 21.3. The summed E-state index contributed by atoms with van der Waals surface area (Å²) in [6.07, 6.45) is 0. The van der Waals surface area contributed by atoms with E-state index in [1.54, 1.807) is 4.90 Å². The molecule has 0 saturated carbocycles. The molecule has 2 amide bonds. The molecule has 0 N–H and O–H groups in total. The second-order valence-electron chi connectivity index (χ2n) is 8.00. The molecule has 3 heterocycles. The second kappa shape index (κ2) is 8.40. The maximum Gasteiger partial charge on any atom is 0.271 e. The van der Waals surface area contributed by atoms with Crippen molar-refractivity contribution in [2.75, 3.05) is 49.7 Å². The SMILES string of the molecule is CN1CCN(CN2C(=O)C(=C3SC(=S)N(c4ccc(F)cc4)C3=O)c3ccccc32)CC1. The third-order valence-corrected chi connectivity index (χ3v) is 7.31. The van der Waals surface area contributed by atoms with Crippen LogP contribution in [0.3, 0.4) is 0 Å².